The Morgan fingerprint density at radius 2 is 2.00 bits per heavy atom. The molecule has 0 heterocycles. The summed E-state index contributed by atoms with van der Waals surface area (Å²) in [6.45, 7) is -0.124. The van der Waals surface area contributed by atoms with Gasteiger partial charge in [-0.1, -0.05) is 47.2 Å². The maximum atomic E-state index is 13.5. The van der Waals surface area contributed by atoms with E-state index >= 15 is 0 Å². The molecule has 5 heteroatoms. The first kappa shape index (κ1) is 15.7. The van der Waals surface area contributed by atoms with Crippen molar-refractivity contribution < 1.29 is 14.2 Å². The Labute approximate surface area is 132 Å². The normalized spacial score (nSPS) is 9.90. The fourth-order valence-corrected chi connectivity index (χ4v) is 2.06. The fraction of sp³-hybridized carbons (Fsp3) is 0.125. The second-order valence-electron chi connectivity index (χ2n) is 4.14. The molecule has 0 amide bonds. The van der Waals surface area contributed by atoms with Crippen molar-refractivity contribution in [3.8, 4) is 17.6 Å². The van der Waals surface area contributed by atoms with Crippen molar-refractivity contribution in [2.75, 3.05) is 6.61 Å². The van der Waals surface area contributed by atoms with Gasteiger partial charge in [0.2, 0.25) is 0 Å². The van der Waals surface area contributed by atoms with Crippen LogP contribution in [-0.2, 0) is 6.61 Å². The summed E-state index contributed by atoms with van der Waals surface area (Å²) in [5.41, 5.74) is 1.13. The maximum Gasteiger partial charge on any atom is 0.128 e. The van der Waals surface area contributed by atoms with Gasteiger partial charge >= 0.3 is 0 Å². The largest absolute Gasteiger partial charge is 0.489 e. The Morgan fingerprint density at radius 3 is 2.76 bits per heavy atom. The van der Waals surface area contributed by atoms with Gasteiger partial charge in [0.1, 0.15) is 24.8 Å². The number of benzene rings is 2. The molecule has 2 nitrogen and oxygen atoms in total. The van der Waals surface area contributed by atoms with Crippen molar-refractivity contribution in [2.24, 2.45) is 0 Å². The molecule has 1 N–H and O–H groups in total. The van der Waals surface area contributed by atoms with E-state index in [4.69, 9.17) is 33.0 Å². The summed E-state index contributed by atoms with van der Waals surface area (Å²) in [6.07, 6.45) is 0. The van der Waals surface area contributed by atoms with Crippen LogP contribution >= 0.6 is 23.2 Å². The third-order valence-electron chi connectivity index (χ3n) is 2.61. The van der Waals surface area contributed by atoms with E-state index in [0.717, 1.165) is 0 Å². The second-order valence-corrected chi connectivity index (χ2v) is 4.92. The van der Waals surface area contributed by atoms with Gasteiger partial charge in [0.25, 0.3) is 0 Å². The molecule has 2 aromatic rings. The molecule has 2 aromatic carbocycles. The highest BCUT2D eigenvalue weighted by Crippen LogP contribution is 2.27. The van der Waals surface area contributed by atoms with E-state index in [9.17, 15) is 4.39 Å². The zero-order valence-electron chi connectivity index (χ0n) is 10.9. The summed E-state index contributed by atoms with van der Waals surface area (Å²) in [7, 11) is 0. The van der Waals surface area contributed by atoms with Crippen LogP contribution in [-0.4, -0.2) is 11.7 Å². The van der Waals surface area contributed by atoms with Crippen LogP contribution in [0.3, 0.4) is 0 Å². The van der Waals surface area contributed by atoms with E-state index in [2.05, 4.69) is 11.8 Å². The molecule has 0 unspecified atom stereocenters. The highest BCUT2D eigenvalue weighted by atomic mass is 35.5. The van der Waals surface area contributed by atoms with Crippen LogP contribution in [0.4, 0.5) is 4.39 Å². The predicted molar refractivity (Wildman–Crippen MR) is 81.2 cm³/mol. The molecule has 0 saturated carbocycles. The zero-order valence-corrected chi connectivity index (χ0v) is 12.4. The first-order valence-corrected chi connectivity index (χ1v) is 6.82. The van der Waals surface area contributed by atoms with Crippen LogP contribution in [0, 0.1) is 17.7 Å². The molecule has 0 aromatic heterocycles. The van der Waals surface area contributed by atoms with Crippen molar-refractivity contribution in [1.82, 2.24) is 0 Å². The smallest absolute Gasteiger partial charge is 0.128 e. The van der Waals surface area contributed by atoms with Gasteiger partial charge in [0.15, 0.2) is 0 Å². The Balaban J connectivity index is 2.16. The topological polar surface area (TPSA) is 29.5 Å². The summed E-state index contributed by atoms with van der Waals surface area (Å²) >= 11 is 12.0. The van der Waals surface area contributed by atoms with E-state index in [-0.39, 0.29) is 13.2 Å². The number of hydrogen-bond donors (Lipinski definition) is 1. The standard InChI is InChI=1S/C16H11Cl2FO2/c17-15-5-1-4-12(16(15)18)10-21-14-8-11(3-2-6-20)7-13(19)9-14/h1,4-5,7-9,20H,6,10H2. The molecule has 0 aliphatic heterocycles. The van der Waals surface area contributed by atoms with Crippen LogP contribution < -0.4 is 4.74 Å². The molecule has 0 spiro atoms. The zero-order chi connectivity index (χ0) is 15.2. The summed E-state index contributed by atoms with van der Waals surface area (Å²) < 4.78 is 19.0. The molecule has 0 saturated heterocycles. The van der Waals surface area contributed by atoms with E-state index in [1.54, 1.807) is 24.3 Å². The van der Waals surface area contributed by atoms with Gasteiger partial charge in [-0.15, -0.1) is 0 Å². The number of hydrogen-bond acceptors (Lipinski definition) is 2. The van der Waals surface area contributed by atoms with Gasteiger partial charge < -0.3 is 9.84 Å². The minimum atomic E-state index is -0.466. The van der Waals surface area contributed by atoms with Gasteiger partial charge in [0.05, 0.1) is 10.0 Å². The molecule has 108 valence electrons. The SMILES string of the molecule is OCC#Cc1cc(F)cc(OCc2cccc(Cl)c2Cl)c1. The molecule has 0 atom stereocenters. The van der Waals surface area contributed by atoms with Gasteiger partial charge in [-0.2, -0.15) is 0 Å². The summed E-state index contributed by atoms with van der Waals surface area (Å²) in [6, 6.07) is 9.32. The number of rotatable bonds is 3. The number of aliphatic hydroxyl groups excluding tert-OH is 1. The minimum Gasteiger partial charge on any atom is -0.489 e. The number of halogens is 3. The first-order chi connectivity index (χ1) is 10.1. The average molecular weight is 325 g/mol. The lowest BCUT2D eigenvalue weighted by Crippen LogP contribution is -1.97. The van der Waals surface area contributed by atoms with E-state index < -0.39 is 5.82 Å². The summed E-state index contributed by atoms with van der Waals surface area (Å²) in [5.74, 6) is 4.94. The third kappa shape index (κ3) is 4.37. The van der Waals surface area contributed by atoms with Gasteiger partial charge in [-0.25, -0.2) is 4.39 Å². The van der Waals surface area contributed by atoms with E-state index in [0.29, 0.717) is 26.9 Å². The van der Waals surface area contributed by atoms with Crippen LogP contribution in [0.5, 0.6) is 5.75 Å². The Kier molecular flexibility index (Phi) is 5.46. The lowest BCUT2D eigenvalue weighted by molar-refractivity contribution is 0.304. The van der Waals surface area contributed by atoms with Crippen molar-refractivity contribution in [3.63, 3.8) is 0 Å². The first-order valence-electron chi connectivity index (χ1n) is 6.06. The Hall–Kier alpha value is -1.73. The van der Waals surface area contributed by atoms with Crippen LogP contribution in [0.2, 0.25) is 10.0 Å². The predicted octanol–water partition coefficient (Wildman–Crippen LogP) is 4.06. The molecule has 0 aliphatic carbocycles. The average Bonchev–Trinajstić information content (AvgIpc) is 2.46. The Bertz CT molecular complexity index is 705. The van der Waals surface area contributed by atoms with Crippen LogP contribution in [0.25, 0.3) is 0 Å². The number of aliphatic hydroxyl groups is 1. The molecule has 0 bridgehead atoms. The van der Waals surface area contributed by atoms with Gasteiger partial charge in [0, 0.05) is 17.2 Å². The molecular formula is C16H11Cl2FO2. The van der Waals surface area contributed by atoms with Crippen LogP contribution in [0.15, 0.2) is 36.4 Å². The van der Waals surface area contributed by atoms with Crippen molar-refractivity contribution in [2.45, 2.75) is 6.61 Å². The monoisotopic (exact) mass is 324 g/mol. The molecule has 0 aliphatic rings. The third-order valence-corrected chi connectivity index (χ3v) is 3.47. The van der Waals surface area contributed by atoms with Crippen molar-refractivity contribution in [1.29, 1.82) is 0 Å². The van der Waals surface area contributed by atoms with Gasteiger partial charge in [-0.3, -0.25) is 0 Å². The van der Waals surface area contributed by atoms with E-state index in [1.165, 1.54) is 12.1 Å². The quantitative estimate of drug-likeness (QED) is 0.863. The van der Waals surface area contributed by atoms with Gasteiger partial charge in [-0.05, 0) is 18.2 Å². The molecule has 21 heavy (non-hydrogen) atoms. The van der Waals surface area contributed by atoms with Crippen LogP contribution in [0.1, 0.15) is 11.1 Å². The van der Waals surface area contributed by atoms with Crippen molar-refractivity contribution in [3.05, 3.63) is 63.4 Å². The number of ether oxygens (including phenoxy) is 1. The molecule has 2 rings (SSSR count). The molecule has 0 fully saturated rings. The highest BCUT2D eigenvalue weighted by molar-refractivity contribution is 6.42. The lowest BCUT2D eigenvalue weighted by atomic mass is 10.2. The summed E-state index contributed by atoms with van der Waals surface area (Å²) in [4.78, 5) is 0. The maximum absolute atomic E-state index is 13.5. The lowest BCUT2D eigenvalue weighted by Gasteiger charge is -2.09. The summed E-state index contributed by atoms with van der Waals surface area (Å²) in [5, 5.41) is 9.50. The molecular weight excluding hydrogens is 314 g/mol. The second kappa shape index (κ2) is 7.33. The van der Waals surface area contributed by atoms with E-state index in [1.807, 2.05) is 0 Å². The minimum absolute atomic E-state index is 0.162. The highest BCUT2D eigenvalue weighted by Gasteiger charge is 2.06. The molecule has 0 radical (unpaired) electrons. The Morgan fingerprint density at radius 1 is 1.19 bits per heavy atom. The fourth-order valence-electron chi connectivity index (χ4n) is 1.68. The van der Waals surface area contributed by atoms with Crippen molar-refractivity contribution >= 4 is 23.2 Å².